The van der Waals surface area contributed by atoms with E-state index in [0.717, 1.165) is 4.31 Å². The highest BCUT2D eigenvalue weighted by molar-refractivity contribution is 7.93. The molecule has 2 N–H and O–H groups in total. The highest BCUT2D eigenvalue weighted by atomic mass is 32.2. The third kappa shape index (κ3) is 7.15. The molecule has 0 saturated heterocycles. The lowest BCUT2D eigenvalue weighted by atomic mass is 10.2. The fourth-order valence-electron chi connectivity index (χ4n) is 4.16. The number of sulfonamides is 2. The van der Waals surface area contributed by atoms with Crippen LogP contribution in [0.3, 0.4) is 0 Å². The van der Waals surface area contributed by atoms with E-state index in [1.165, 1.54) is 89.1 Å². The number of methoxy groups -OCH3 is 4. The van der Waals surface area contributed by atoms with Crippen molar-refractivity contribution in [3.05, 3.63) is 91.0 Å². The predicted octanol–water partition coefficient (Wildman–Crippen LogP) is 4.36. The molecule has 0 aliphatic rings. The quantitative estimate of drug-likeness (QED) is 0.217. The van der Waals surface area contributed by atoms with Crippen LogP contribution in [0.4, 0.5) is 17.1 Å². The van der Waals surface area contributed by atoms with Gasteiger partial charge >= 0.3 is 0 Å². The fourth-order valence-corrected chi connectivity index (χ4v) is 6.66. The van der Waals surface area contributed by atoms with E-state index in [2.05, 4.69) is 10.0 Å². The van der Waals surface area contributed by atoms with Crippen LogP contribution in [0.5, 0.6) is 23.0 Å². The first-order valence-corrected chi connectivity index (χ1v) is 15.9. The van der Waals surface area contributed by atoms with E-state index in [1.807, 2.05) is 0 Å². The molecule has 0 unspecified atom stereocenters. The lowest BCUT2D eigenvalue weighted by Crippen LogP contribution is -2.38. The molecule has 0 aliphatic heterocycles. The first kappa shape index (κ1) is 32.0. The molecule has 0 radical (unpaired) electrons. The highest BCUT2D eigenvalue weighted by Crippen LogP contribution is 2.34. The Morgan fingerprint density at radius 1 is 0.682 bits per heavy atom. The maximum Gasteiger partial charge on any atom is 0.264 e. The Kier molecular flexibility index (Phi) is 9.86. The van der Waals surface area contributed by atoms with E-state index in [0.29, 0.717) is 17.2 Å². The predicted molar refractivity (Wildman–Crippen MR) is 166 cm³/mol. The minimum Gasteiger partial charge on any atom is -0.497 e. The maximum absolute atomic E-state index is 13.6. The monoisotopic (exact) mass is 641 g/mol. The summed E-state index contributed by atoms with van der Waals surface area (Å²) in [5, 5.41) is 2.63. The van der Waals surface area contributed by atoms with Gasteiger partial charge in [-0.25, -0.2) is 16.8 Å². The average molecular weight is 642 g/mol. The Morgan fingerprint density at radius 3 is 1.93 bits per heavy atom. The summed E-state index contributed by atoms with van der Waals surface area (Å²) in [6, 6.07) is 22.2. The normalized spacial score (nSPS) is 11.3. The van der Waals surface area contributed by atoms with E-state index in [1.54, 1.807) is 30.3 Å². The lowest BCUT2D eigenvalue weighted by Gasteiger charge is -2.25. The smallest absolute Gasteiger partial charge is 0.264 e. The minimum absolute atomic E-state index is 0.0164. The molecule has 12 nitrogen and oxygen atoms in total. The first-order valence-electron chi connectivity index (χ1n) is 13.0. The lowest BCUT2D eigenvalue weighted by molar-refractivity contribution is -0.114. The maximum atomic E-state index is 13.6. The van der Waals surface area contributed by atoms with Gasteiger partial charge in [-0.2, -0.15) is 0 Å². The number of carbonyl (C=O) groups excluding carboxylic acids is 1. The molecular formula is C30H31N3O9S2. The Balaban J connectivity index is 1.56. The van der Waals surface area contributed by atoms with Crippen molar-refractivity contribution >= 4 is 43.0 Å². The number of hydrogen-bond acceptors (Lipinski definition) is 9. The average Bonchev–Trinajstić information content (AvgIpc) is 3.03. The van der Waals surface area contributed by atoms with Gasteiger partial charge in [0, 0.05) is 17.8 Å². The fraction of sp³-hybridized carbons (Fsp3) is 0.167. The number of nitrogens with one attached hydrogen (secondary N) is 2. The molecule has 4 aromatic carbocycles. The molecule has 0 atom stereocenters. The largest absolute Gasteiger partial charge is 0.497 e. The second-order valence-corrected chi connectivity index (χ2v) is 12.7. The second-order valence-electron chi connectivity index (χ2n) is 9.11. The molecule has 14 heteroatoms. The molecule has 0 fully saturated rings. The van der Waals surface area contributed by atoms with Gasteiger partial charge in [-0.05, 0) is 60.7 Å². The van der Waals surface area contributed by atoms with Crippen molar-refractivity contribution in [3.8, 4) is 23.0 Å². The SMILES string of the molecule is COc1ccc(OC)c(NS(=O)(=O)c2ccc(NC(=O)CN(c3ccc(OC)c(OC)c3)S(=O)(=O)c3ccccc3)cc2)c1. The van der Waals surface area contributed by atoms with Gasteiger partial charge in [-0.1, -0.05) is 18.2 Å². The van der Waals surface area contributed by atoms with Crippen LogP contribution in [0.25, 0.3) is 0 Å². The third-order valence-electron chi connectivity index (χ3n) is 6.37. The Labute approximate surface area is 256 Å². The summed E-state index contributed by atoms with van der Waals surface area (Å²) in [4.78, 5) is 13.1. The van der Waals surface area contributed by atoms with E-state index in [9.17, 15) is 21.6 Å². The topological polar surface area (TPSA) is 150 Å². The molecule has 0 aliphatic carbocycles. The van der Waals surface area contributed by atoms with E-state index < -0.39 is 32.5 Å². The summed E-state index contributed by atoms with van der Waals surface area (Å²) >= 11 is 0. The van der Waals surface area contributed by atoms with Gasteiger partial charge in [0.15, 0.2) is 11.5 Å². The molecule has 232 valence electrons. The Bertz CT molecular complexity index is 1830. The van der Waals surface area contributed by atoms with Crippen LogP contribution < -0.4 is 33.3 Å². The second kappa shape index (κ2) is 13.6. The van der Waals surface area contributed by atoms with Crippen LogP contribution in [-0.2, 0) is 24.8 Å². The van der Waals surface area contributed by atoms with Crippen molar-refractivity contribution in [1.82, 2.24) is 0 Å². The van der Waals surface area contributed by atoms with Gasteiger partial charge in [-0.15, -0.1) is 0 Å². The van der Waals surface area contributed by atoms with Gasteiger partial charge in [0.05, 0.1) is 49.6 Å². The number of carbonyl (C=O) groups is 1. The number of anilines is 3. The number of amides is 1. The first-order chi connectivity index (χ1) is 21.0. The molecule has 0 aromatic heterocycles. The van der Waals surface area contributed by atoms with Crippen molar-refractivity contribution in [3.63, 3.8) is 0 Å². The van der Waals surface area contributed by atoms with Gasteiger partial charge in [0.25, 0.3) is 20.0 Å². The molecule has 1 amide bonds. The summed E-state index contributed by atoms with van der Waals surface area (Å²) < 4.78 is 77.8. The number of benzene rings is 4. The van der Waals surface area contributed by atoms with Crippen LogP contribution in [0, 0.1) is 0 Å². The van der Waals surface area contributed by atoms with Crippen LogP contribution >= 0.6 is 0 Å². The van der Waals surface area contributed by atoms with Crippen molar-refractivity contribution in [2.24, 2.45) is 0 Å². The number of hydrogen-bond donors (Lipinski definition) is 2. The molecule has 0 bridgehead atoms. The van der Waals surface area contributed by atoms with E-state index in [-0.39, 0.29) is 32.6 Å². The van der Waals surface area contributed by atoms with Crippen LogP contribution in [0.2, 0.25) is 0 Å². The zero-order valence-electron chi connectivity index (χ0n) is 24.3. The number of rotatable bonds is 13. The minimum atomic E-state index is -4.18. The molecule has 0 spiro atoms. The van der Waals surface area contributed by atoms with Crippen molar-refractivity contribution in [1.29, 1.82) is 0 Å². The third-order valence-corrected chi connectivity index (χ3v) is 9.54. The summed E-state index contributed by atoms with van der Waals surface area (Å²) in [6.07, 6.45) is 0. The van der Waals surface area contributed by atoms with Gasteiger partial charge in [-0.3, -0.25) is 13.8 Å². The molecule has 0 heterocycles. The van der Waals surface area contributed by atoms with E-state index in [4.69, 9.17) is 18.9 Å². The molecule has 44 heavy (non-hydrogen) atoms. The zero-order chi connectivity index (χ0) is 31.9. The standard InChI is InChI=1S/C30H31N3O9S2/c1-39-23-13-17-27(40-2)26(19-23)32-43(35,36)24-14-10-21(11-15-24)31-30(34)20-33(44(37,38)25-8-6-5-7-9-25)22-12-16-28(41-3)29(18-22)42-4/h5-19,32H,20H2,1-4H3,(H,31,34). The Hall–Kier alpha value is -4.95. The van der Waals surface area contributed by atoms with Gasteiger partial charge in [0.2, 0.25) is 5.91 Å². The van der Waals surface area contributed by atoms with Gasteiger partial charge < -0.3 is 24.3 Å². The van der Waals surface area contributed by atoms with Crippen LogP contribution in [-0.4, -0.2) is 57.7 Å². The number of nitrogens with zero attached hydrogens (tertiary/aromatic N) is 1. The number of ether oxygens (including phenoxy) is 4. The summed E-state index contributed by atoms with van der Waals surface area (Å²) in [5.41, 5.74) is 0.596. The summed E-state index contributed by atoms with van der Waals surface area (Å²) in [5.74, 6) is 0.706. The van der Waals surface area contributed by atoms with Crippen LogP contribution in [0.15, 0.2) is 101 Å². The van der Waals surface area contributed by atoms with Crippen molar-refractivity contribution in [2.45, 2.75) is 9.79 Å². The molecule has 0 saturated carbocycles. The summed E-state index contributed by atoms with van der Waals surface area (Å²) in [7, 11) is -2.49. The van der Waals surface area contributed by atoms with Crippen LogP contribution in [0.1, 0.15) is 0 Å². The molecule has 4 aromatic rings. The van der Waals surface area contributed by atoms with E-state index >= 15 is 0 Å². The van der Waals surface area contributed by atoms with Crippen molar-refractivity contribution in [2.75, 3.05) is 49.3 Å². The van der Waals surface area contributed by atoms with Crippen molar-refractivity contribution < 1.29 is 40.6 Å². The molecule has 4 rings (SSSR count). The summed E-state index contributed by atoms with van der Waals surface area (Å²) in [6.45, 7) is -0.593. The zero-order valence-corrected chi connectivity index (χ0v) is 25.9. The Morgan fingerprint density at radius 2 is 1.32 bits per heavy atom. The highest BCUT2D eigenvalue weighted by Gasteiger charge is 2.28. The van der Waals surface area contributed by atoms with Gasteiger partial charge in [0.1, 0.15) is 18.0 Å². The molecular weight excluding hydrogens is 610 g/mol.